The third-order valence-corrected chi connectivity index (χ3v) is 8.79. The molecule has 4 aliphatic carbocycles. The van der Waals surface area contributed by atoms with Crippen molar-refractivity contribution in [1.29, 1.82) is 0 Å². The molecule has 0 aromatic heterocycles. The standard InChI is InChI=1S/C22H29FO5/c1-12-8-16-15-5-4-13-9-14(25)6-7-19(13,2)21(15,23)17(26)10-20(16,3)22(12,28)18(27)11-24/h6-7,9,12,15-17,24,26,28H,4-5,8,10-11H2,1-3H3/t12-,15+,16+,17-,19-,20+,21+,22+/m0/s1. The average Bonchev–Trinajstić information content (AvgIpc) is 2.84. The van der Waals surface area contributed by atoms with E-state index in [1.165, 1.54) is 12.2 Å². The summed E-state index contributed by atoms with van der Waals surface area (Å²) in [6.07, 6.45) is 4.44. The Bertz CT molecular complexity index is 805. The maximum atomic E-state index is 16.9. The summed E-state index contributed by atoms with van der Waals surface area (Å²) in [5.74, 6) is -2.12. The third kappa shape index (κ3) is 2.01. The number of aliphatic hydroxyl groups is 3. The van der Waals surface area contributed by atoms with Gasteiger partial charge in [0, 0.05) is 16.7 Å². The first-order chi connectivity index (χ1) is 13.0. The van der Waals surface area contributed by atoms with Crippen molar-refractivity contribution in [1.82, 2.24) is 0 Å². The van der Waals surface area contributed by atoms with E-state index in [1.54, 1.807) is 26.8 Å². The number of carbonyl (C=O) groups excluding carboxylic acids is 2. The number of aliphatic hydroxyl groups excluding tert-OH is 2. The van der Waals surface area contributed by atoms with E-state index in [4.69, 9.17) is 0 Å². The van der Waals surface area contributed by atoms with Crippen LogP contribution in [0.3, 0.4) is 0 Å². The van der Waals surface area contributed by atoms with Crippen molar-refractivity contribution in [3.8, 4) is 0 Å². The molecule has 3 N–H and O–H groups in total. The first kappa shape index (κ1) is 19.9. The summed E-state index contributed by atoms with van der Waals surface area (Å²) >= 11 is 0. The molecule has 8 atom stereocenters. The predicted octanol–water partition coefficient (Wildman–Crippen LogP) is 1.90. The zero-order valence-corrected chi connectivity index (χ0v) is 16.6. The van der Waals surface area contributed by atoms with Crippen LogP contribution < -0.4 is 0 Å². The Balaban J connectivity index is 1.84. The van der Waals surface area contributed by atoms with Gasteiger partial charge in [-0.15, -0.1) is 0 Å². The molecule has 0 amide bonds. The molecule has 0 aromatic carbocycles. The van der Waals surface area contributed by atoms with Gasteiger partial charge in [0.1, 0.15) is 12.2 Å². The number of ketones is 2. The van der Waals surface area contributed by atoms with Crippen LogP contribution in [-0.2, 0) is 9.59 Å². The number of rotatable bonds is 2. The molecule has 3 fully saturated rings. The van der Waals surface area contributed by atoms with Crippen molar-refractivity contribution in [2.75, 3.05) is 6.61 Å². The fourth-order valence-electron chi connectivity index (χ4n) is 7.26. The van der Waals surface area contributed by atoms with Crippen LogP contribution in [0.4, 0.5) is 4.39 Å². The van der Waals surface area contributed by atoms with E-state index >= 15 is 4.39 Å². The lowest BCUT2D eigenvalue weighted by Crippen LogP contribution is -2.69. The van der Waals surface area contributed by atoms with E-state index in [1.807, 2.05) is 0 Å². The van der Waals surface area contributed by atoms with Gasteiger partial charge < -0.3 is 15.3 Å². The third-order valence-electron chi connectivity index (χ3n) is 8.79. The van der Waals surface area contributed by atoms with Gasteiger partial charge >= 0.3 is 0 Å². The van der Waals surface area contributed by atoms with Crippen LogP contribution in [-0.4, -0.2) is 50.9 Å². The highest BCUT2D eigenvalue weighted by atomic mass is 19.1. The zero-order valence-electron chi connectivity index (χ0n) is 16.6. The highest BCUT2D eigenvalue weighted by molar-refractivity contribution is 6.01. The molecule has 0 spiro atoms. The lowest BCUT2D eigenvalue weighted by Gasteiger charge is -2.62. The van der Waals surface area contributed by atoms with Gasteiger partial charge in [-0.25, -0.2) is 4.39 Å². The maximum Gasteiger partial charge on any atom is 0.190 e. The van der Waals surface area contributed by atoms with E-state index in [0.29, 0.717) is 24.8 Å². The lowest BCUT2D eigenvalue weighted by molar-refractivity contribution is -0.219. The normalized spacial score (nSPS) is 52.5. The number of halogens is 1. The zero-order chi connectivity index (χ0) is 20.7. The molecule has 0 radical (unpaired) electrons. The molecule has 6 heteroatoms. The molecule has 154 valence electrons. The molecule has 0 aromatic rings. The Morgan fingerprint density at radius 2 is 2.00 bits per heavy atom. The summed E-state index contributed by atoms with van der Waals surface area (Å²) in [5.41, 5.74) is -5.17. The van der Waals surface area contributed by atoms with Crippen molar-refractivity contribution >= 4 is 11.6 Å². The SMILES string of the molecule is C[C@H]1C[C@@H]2[C@H]3CCC4=CC(=O)C=C[C@]4(C)[C@]3(F)[C@@H](O)C[C@@]2(C)[C@]1(O)C(=O)CO. The minimum atomic E-state index is -1.98. The lowest BCUT2D eigenvalue weighted by atomic mass is 9.44. The summed E-state index contributed by atoms with van der Waals surface area (Å²) in [5, 5.41) is 32.0. The smallest absolute Gasteiger partial charge is 0.190 e. The van der Waals surface area contributed by atoms with Gasteiger partial charge in [-0.2, -0.15) is 0 Å². The van der Waals surface area contributed by atoms with Crippen LogP contribution in [0.1, 0.15) is 46.5 Å². The van der Waals surface area contributed by atoms with Crippen LogP contribution in [0.15, 0.2) is 23.8 Å². The summed E-state index contributed by atoms with van der Waals surface area (Å²) in [7, 11) is 0. The van der Waals surface area contributed by atoms with Crippen LogP contribution in [0, 0.1) is 28.6 Å². The van der Waals surface area contributed by atoms with E-state index in [0.717, 1.165) is 0 Å². The molecule has 0 saturated heterocycles. The Kier molecular flexibility index (Phi) is 4.15. The van der Waals surface area contributed by atoms with Crippen molar-refractivity contribution < 1.29 is 29.3 Å². The fourth-order valence-corrected chi connectivity index (χ4v) is 7.26. The number of hydrogen-bond donors (Lipinski definition) is 3. The van der Waals surface area contributed by atoms with Gasteiger partial charge in [0.2, 0.25) is 0 Å². The van der Waals surface area contributed by atoms with Crippen LogP contribution in [0.2, 0.25) is 0 Å². The molecule has 28 heavy (non-hydrogen) atoms. The van der Waals surface area contributed by atoms with Gasteiger partial charge in [-0.3, -0.25) is 9.59 Å². The monoisotopic (exact) mass is 392 g/mol. The second-order valence-electron chi connectivity index (χ2n) is 9.75. The van der Waals surface area contributed by atoms with Gasteiger partial charge in [0.05, 0.1) is 6.10 Å². The number of fused-ring (bicyclic) bond motifs is 5. The van der Waals surface area contributed by atoms with Crippen molar-refractivity contribution in [3.05, 3.63) is 23.8 Å². The Morgan fingerprint density at radius 3 is 2.64 bits per heavy atom. The Hall–Kier alpha value is -1.37. The van der Waals surface area contributed by atoms with Gasteiger partial charge in [0.15, 0.2) is 17.2 Å². The molecule has 0 aliphatic heterocycles. The summed E-state index contributed by atoms with van der Waals surface area (Å²) in [4.78, 5) is 24.4. The van der Waals surface area contributed by atoms with Crippen LogP contribution >= 0.6 is 0 Å². The predicted molar refractivity (Wildman–Crippen MR) is 99.9 cm³/mol. The number of carbonyl (C=O) groups is 2. The molecule has 0 bridgehead atoms. The van der Waals surface area contributed by atoms with Gasteiger partial charge in [-0.1, -0.05) is 25.5 Å². The highest BCUT2D eigenvalue weighted by Gasteiger charge is 2.75. The molecule has 3 saturated carbocycles. The number of Topliss-reactive ketones (excluding diaryl/α,β-unsaturated/α-hetero) is 1. The van der Waals surface area contributed by atoms with E-state index in [9.17, 15) is 24.9 Å². The van der Waals surface area contributed by atoms with E-state index < -0.39 is 52.4 Å². The molecular weight excluding hydrogens is 363 g/mol. The summed E-state index contributed by atoms with van der Waals surface area (Å²) in [6.45, 7) is 4.48. The first-order valence-corrected chi connectivity index (χ1v) is 10.1. The first-order valence-electron chi connectivity index (χ1n) is 10.1. The topological polar surface area (TPSA) is 94.8 Å². The van der Waals surface area contributed by atoms with Crippen molar-refractivity contribution in [3.63, 3.8) is 0 Å². The second-order valence-corrected chi connectivity index (χ2v) is 9.75. The summed E-state index contributed by atoms with van der Waals surface area (Å²) < 4.78 is 16.9. The van der Waals surface area contributed by atoms with Gasteiger partial charge in [0.25, 0.3) is 0 Å². The minimum absolute atomic E-state index is 0.0676. The van der Waals surface area contributed by atoms with E-state index in [2.05, 4.69) is 0 Å². The largest absolute Gasteiger partial charge is 0.390 e. The van der Waals surface area contributed by atoms with E-state index in [-0.39, 0.29) is 18.1 Å². The molecule has 0 unspecified atom stereocenters. The molecule has 0 heterocycles. The second kappa shape index (κ2) is 5.83. The molecule has 4 aliphatic rings. The quantitative estimate of drug-likeness (QED) is 0.667. The minimum Gasteiger partial charge on any atom is -0.390 e. The number of allylic oxidation sites excluding steroid dienone is 4. The van der Waals surface area contributed by atoms with Crippen molar-refractivity contribution in [2.45, 2.75) is 63.8 Å². The van der Waals surface area contributed by atoms with Crippen LogP contribution in [0.25, 0.3) is 0 Å². The fraction of sp³-hybridized carbons (Fsp3) is 0.727. The molecular formula is C22H29FO5. The summed E-state index contributed by atoms with van der Waals surface area (Å²) in [6, 6.07) is 0. The molecule has 4 rings (SSSR count). The van der Waals surface area contributed by atoms with Crippen LogP contribution in [0.5, 0.6) is 0 Å². The molecule has 5 nitrogen and oxygen atoms in total. The Morgan fingerprint density at radius 1 is 1.32 bits per heavy atom. The highest BCUT2D eigenvalue weighted by Crippen LogP contribution is 2.70. The van der Waals surface area contributed by atoms with Gasteiger partial charge in [-0.05, 0) is 56.6 Å². The Labute approximate surface area is 164 Å². The number of hydrogen-bond acceptors (Lipinski definition) is 5. The van der Waals surface area contributed by atoms with Crippen molar-refractivity contribution in [2.24, 2.45) is 28.6 Å². The number of alkyl halides is 1. The maximum absolute atomic E-state index is 16.9. The average molecular weight is 392 g/mol.